The van der Waals surface area contributed by atoms with Crippen molar-refractivity contribution in [1.29, 1.82) is 0 Å². The lowest BCUT2D eigenvalue weighted by Crippen LogP contribution is -2.29. The van der Waals surface area contributed by atoms with Crippen LogP contribution in [-0.2, 0) is 9.53 Å². The number of carbonyl (C=O) groups excluding carboxylic acids is 1. The molecule has 0 saturated heterocycles. The van der Waals surface area contributed by atoms with Crippen molar-refractivity contribution in [3.05, 3.63) is 63.0 Å². The van der Waals surface area contributed by atoms with Crippen LogP contribution in [0, 0.1) is 5.82 Å². The average Bonchev–Trinajstić information content (AvgIpc) is 3.12. The van der Waals surface area contributed by atoms with Gasteiger partial charge in [0, 0.05) is 23.3 Å². The Hall–Kier alpha value is -2.25. The molecular weight excluding hydrogens is 353 g/mol. The summed E-state index contributed by atoms with van der Waals surface area (Å²) in [4.78, 5) is 20.9. The maximum atomic E-state index is 13.8. The lowest BCUT2D eigenvalue weighted by molar-refractivity contribution is -0.138. The third-order valence-corrected chi connectivity index (χ3v) is 4.52. The highest BCUT2D eigenvalue weighted by Crippen LogP contribution is 2.35. The van der Waals surface area contributed by atoms with Gasteiger partial charge in [-0.25, -0.2) is 14.2 Å². The van der Waals surface area contributed by atoms with Crippen molar-refractivity contribution in [2.75, 3.05) is 6.61 Å². The zero-order valence-electron chi connectivity index (χ0n) is 12.6. The van der Waals surface area contributed by atoms with Crippen LogP contribution in [0.1, 0.15) is 23.5 Å². The van der Waals surface area contributed by atoms with Crippen LogP contribution in [-0.4, -0.2) is 23.4 Å². The van der Waals surface area contributed by atoms with Crippen molar-refractivity contribution in [2.24, 2.45) is 4.99 Å². The summed E-state index contributed by atoms with van der Waals surface area (Å²) in [5.41, 5.74) is 0.649. The van der Waals surface area contributed by atoms with Crippen LogP contribution in [0.3, 0.4) is 0 Å². The Kier molecular flexibility index (Phi) is 4.92. The van der Waals surface area contributed by atoms with Crippen LogP contribution in [0.15, 0.2) is 46.5 Å². The molecule has 0 unspecified atom stereocenters. The van der Waals surface area contributed by atoms with E-state index in [1.165, 1.54) is 29.7 Å². The first kappa shape index (κ1) is 16.6. The minimum Gasteiger partial charge on any atom is -0.463 e. The molecule has 0 fully saturated rings. The second-order valence-electron chi connectivity index (χ2n) is 4.83. The van der Waals surface area contributed by atoms with Gasteiger partial charge in [0.1, 0.15) is 11.9 Å². The molecule has 0 bridgehead atoms. The van der Waals surface area contributed by atoms with Crippen molar-refractivity contribution in [3.8, 4) is 0 Å². The van der Waals surface area contributed by atoms with Crippen molar-refractivity contribution < 1.29 is 13.9 Å². The molecule has 1 aromatic heterocycles. The first-order valence-electron chi connectivity index (χ1n) is 7.17. The van der Waals surface area contributed by atoms with Crippen LogP contribution >= 0.6 is 22.9 Å². The van der Waals surface area contributed by atoms with E-state index in [1.54, 1.807) is 19.2 Å². The summed E-state index contributed by atoms with van der Waals surface area (Å²) in [7, 11) is 0. The molecule has 3 rings (SSSR count). The second kappa shape index (κ2) is 7.11. The smallest absolute Gasteiger partial charge is 0.338 e. The quantitative estimate of drug-likeness (QED) is 0.842. The number of nitrogens with one attached hydrogen (secondary N) is 1. The Morgan fingerprint density at radius 2 is 2.33 bits per heavy atom. The topological polar surface area (TPSA) is 63.6 Å². The summed E-state index contributed by atoms with van der Waals surface area (Å²) in [5.74, 6) is -0.609. The van der Waals surface area contributed by atoms with E-state index in [-0.39, 0.29) is 17.2 Å². The fraction of sp³-hybridized carbons (Fsp3) is 0.188. The summed E-state index contributed by atoms with van der Waals surface area (Å²) in [5, 5.41) is 5.35. The van der Waals surface area contributed by atoms with Gasteiger partial charge < -0.3 is 10.1 Å². The van der Waals surface area contributed by atoms with E-state index in [1.807, 2.05) is 5.38 Å². The van der Waals surface area contributed by atoms with Crippen LogP contribution in [0.4, 0.5) is 4.39 Å². The van der Waals surface area contributed by atoms with Gasteiger partial charge in [0.05, 0.1) is 17.2 Å². The van der Waals surface area contributed by atoms with Crippen LogP contribution < -0.4 is 5.32 Å². The van der Waals surface area contributed by atoms with Gasteiger partial charge in [0.25, 0.3) is 0 Å². The van der Waals surface area contributed by atoms with E-state index in [4.69, 9.17) is 16.3 Å². The minimum atomic E-state index is -0.771. The van der Waals surface area contributed by atoms with Crippen LogP contribution in [0.5, 0.6) is 0 Å². The van der Waals surface area contributed by atoms with E-state index in [2.05, 4.69) is 15.3 Å². The number of rotatable bonds is 4. The molecule has 0 radical (unpaired) electrons. The van der Waals surface area contributed by atoms with Gasteiger partial charge in [-0.3, -0.25) is 4.99 Å². The molecular formula is C16H13ClFN3O2S. The van der Waals surface area contributed by atoms with E-state index in [0.717, 1.165) is 0 Å². The number of halogens is 2. The summed E-state index contributed by atoms with van der Waals surface area (Å²) >= 11 is 7.49. The van der Waals surface area contributed by atoms with Gasteiger partial charge in [-0.1, -0.05) is 23.7 Å². The number of esters is 1. The summed E-state index contributed by atoms with van der Waals surface area (Å²) < 4.78 is 18.9. The fourth-order valence-electron chi connectivity index (χ4n) is 2.27. The van der Waals surface area contributed by atoms with E-state index in [9.17, 15) is 9.18 Å². The van der Waals surface area contributed by atoms with Gasteiger partial charge in [-0.15, -0.1) is 11.3 Å². The Balaban J connectivity index is 2.06. The Labute approximate surface area is 146 Å². The average molecular weight is 366 g/mol. The first-order valence-corrected chi connectivity index (χ1v) is 8.43. The number of aromatic nitrogens is 1. The number of hydrogen-bond donors (Lipinski definition) is 1. The molecule has 1 aliphatic heterocycles. The second-order valence-corrected chi connectivity index (χ2v) is 6.10. The maximum Gasteiger partial charge on any atom is 0.338 e. The summed E-state index contributed by atoms with van der Waals surface area (Å²) in [6.45, 7) is 1.94. The Bertz CT molecular complexity index is 821. The predicted octanol–water partition coefficient (Wildman–Crippen LogP) is 3.47. The molecule has 2 aromatic rings. The lowest BCUT2D eigenvalue weighted by atomic mass is 9.98. The normalized spacial score (nSPS) is 16.9. The Morgan fingerprint density at radius 1 is 1.50 bits per heavy atom. The standard InChI is InChI=1S/C16H13ClFN3O2S/c1-2-23-16(22)10-8-20-14(15-19-6-7-24-15)21-13(10)9-4-3-5-11(18)12(9)17/h3-8,13H,2H2,1H3,(H,20,21)/t13-/m0/s1. The van der Waals surface area contributed by atoms with Crippen molar-refractivity contribution in [2.45, 2.75) is 13.0 Å². The molecule has 0 saturated carbocycles. The number of aliphatic imine (C=N–C) groups is 1. The molecule has 5 nitrogen and oxygen atoms in total. The lowest BCUT2D eigenvalue weighted by Gasteiger charge is -2.22. The third-order valence-electron chi connectivity index (χ3n) is 3.34. The monoisotopic (exact) mass is 365 g/mol. The maximum absolute atomic E-state index is 13.8. The van der Waals surface area contributed by atoms with Gasteiger partial charge in [-0.2, -0.15) is 0 Å². The number of hydrogen-bond acceptors (Lipinski definition) is 6. The van der Waals surface area contributed by atoms with Crippen molar-refractivity contribution in [3.63, 3.8) is 0 Å². The molecule has 2 heterocycles. The third kappa shape index (κ3) is 3.18. The first-order chi connectivity index (χ1) is 11.6. The fourth-order valence-corrected chi connectivity index (χ4v) is 3.10. The molecule has 124 valence electrons. The summed E-state index contributed by atoms with van der Waals surface area (Å²) in [6.07, 6.45) is 3.16. The van der Waals surface area contributed by atoms with Crippen LogP contribution in [0.25, 0.3) is 0 Å². The van der Waals surface area contributed by atoms with E-state index >= 15 is 0 Å². The number of nitrogens with zero attached hydrogens (tertiary/aromatic N) is 2. The molecule has 1 atom stereocenters. The Morgan fingerprint density at radius 3 is 3.04 bits per heavy atom. The molecule has 8 heteroatoms. The summed E-state index contributed by atoms with van der Waals surface area (Å²) in [6, 6.07) is 3.65. The van der Waals surface area contributed by atoms with Crippen molar-refractivity contribution in [1.82, 2.24) is 10.3 Å². The molecule has 1 aliphatic rings. The number of carbonyl (C=O) groups is 1. The molecule has 24 heavy (non-hydrogen) atoms. The van der Waals surface area contributed by atoms with Gasteiger partial charge in [0.15, 0.2) is 10.8 Å². The van der Waals surface area contributed by atoms with Gasteiger partial charge in [-0.05, 0) is 13.0 Å². The molecule has 0 aliphatic carbocycles. The highest BCUT2D eigenvalue weighted by atomic mass is 35.5. The number of thiazole rings is 1. The predicted molar refractivity (Wildman–Crippen MR) is 90.7 cm³/mol. The highest BCUT2D eigenvalue weighted by Gasteiger charge is 2.30. The van der Waals surface area contributed by atoms with E-state index < -0.39 is 17.8 Å². The highest BCUT2D eigenvalue weighted by molar-refractivity contribution is 7.11. The van der Waals surface area contributed by atoms with Crippen molar-refractivity contribution >= 4 is 34.7 Å². The zero-order chi connectivity index (χ0) is 17.1. The molecule has 0 spiro atoms. The number of benzene rings is 1. The zero-order valence-corrected chi connectivity index (χ0v) is 14.2. The van der Waals surface area contributed by atoms with Gasteiger partial charge >= 0.3 is 5.97 Å². The molecule has 1 aromatic carbocycles. The van der Waals surface area contributed by atoms with E-state index in [0.29, 0.717) is 16.4 Å². The largest absolute Gasteiger partial charge is 0.463 e. The minimum absolute atomic E-state index is 0.0677. The van der Waals surface area contributed by atoms with Gasteiger partial charge in [0.2, 0.25) is 0 Å². The number of ether oxygens (including phenoxy) is 1. The SMILES string of the molecule is CCOC(=O)C1=CNC(c2nccs2)=N[C@H]1c1cccc(F)c1Cl. The van der Waals surface area contributed by atoms with Crippen LogP contribution in [0.2, 0.25) is 5.02 Å². The number of amidine groups is 1. The molecule has 0 amide bonds. The molecule has 1 N–H and O–H groups in total.